The highest BCUT2D eigenvalue weighted by Crippen LogP contribution is 2.19. The average molecular weight is 437 g/mol. The predicted molar refractivity (Wildman–Crippen MR) is 106 cm³/mol. The summed E-state index contributed by atoms with van der Waals surface area (Å²) in [5.74, 6) is -1.72. The summed E-state index contributed by atoms with van der Waals surface area (Å²) in [6.07, 6.45) is -1.09. The van der Waals surface area contributed by atoms with Crippen molar-refractivity contribution in [3.05, 3.63) is 53.7 Å². The number of aliphatic carboxylic acids is 1. The number of nitrogens with zero attached hydrogens (tertiary/aromatic N) is 4. The normalized spacial score (nSPS) is 13.7. The fourth-order valence-corrected chi connectivity index (χ4v) is 3.25. The Labute approximate surface area is 175 Å². The smallest absolute Gasteiger partial charge is 0.475 e. The Morgan fingerprint density at radius 3 is 2.58 bits per heavy atom. The van der Waals surface area contributed by atoms with E-state index < -0.39 is 12.1 Å². The number of rotatable bonds is 3. The van der Waals surface area contributed by atoms with Gasteiger partial charge in [0.1, 0.15) is 5.82 Å². The maximum atomic E-state index is 12.8. The first-order valence-electron chi connectivity index (χ1n) is 9.41. The highest BCUT2D eigenvalue weighted by Gasteiger charge is 2.38. The summed E-state index contributed by atoms with van der Waals surface area (Å²) in [6, 6.07) is 7.79. The SMILES string of the molecule is CN(C)Cc1cn2c(n1)CN(C(=O)c1ccc3[nH]ccc3c1)CC2.O=C(O)C(F)(F)F. The first-order chi connectivity index (χ1) is 14.5. The van der Waals surface area contributed by atoms with Crippen LogP contribution >= 0.6 is 0 Å². The molecule has 4 rings (SSSR count). The number of fused-ring (bicyclic) bond motifs is 2. The van der Waals surface area contributed by atoms with Gasteiger partial charge in [0.15, 0.2) is 0 Å². The molecule has 1 aromatic carbocycles. The van der Waals surface area contributed by atoms with Crippen LogP contribution in [-0.2, 0) is 24.4 Å². The second-order valence-electron chi connectivity index (χ2n) is 7.39. The van der Waals surface area contributed by atoms with Gasteiger partial charge in [-0.1, -0.05) is 0 Å². The Morgan fingerprint density at radius 2 is 1.94 bits per heavy atom. The number of hydrogen-bond acceptors (Lipinski definition) is 4. The van der Waals surface area contributed by atoms with Crippen molar-refractivity contribution in [2.75, 3.05) is 20.6 Å². The van der Waals surface area contributed by atoms with E-state index in [1.54, 1.807) is 0 Å². The Bertz CT molecular complexity index is 1090. The van der Waals surface area contributed by atoms with Crippen molar-refractivity contribution in [1.29, 1.82) is 0 Å². The van der Waals surface area contributed by atoms with Crippen LogP contribution in [0.15, 0.2) is 36.7 Å². The van der Waals surface area contributed by atoms with Crippen molar-refractivity contribution in [2.45, 2.75) is 25.8 Å². The molecule has 166 valence electrons. The monoisotopic (exact) mass is 437 g/mol. The van der Waals surface area contributed by atoms with E-state index >= 15 is 0 Å². The van der Waals surface area contributed by atoms with E-state index in [2.05, 4.69) is 25.6 Å². The largest absolute Gasteiger partial charge is 0.490 e. The molecule has 0 spiro atoms. The third-order valence-electron chi connectivity index (χ3n) is 4.66. The number of carbonyl (C=O) groups excluding carboxylic acids is 1. The quantitative estimate of drug-likeness (QED) is 0.657. The van der Waals surface area contributed by atoms with Crippen LogP contribution in [0.1, 0.15) is 21.9 Å². The average Bonchev–Trinajstić information content (AvgIpc) is 3.31. The lowest BCUT2D eigenvalue weighted by atomic mass is 10.1. The number of aromatic nitrogens is 3. The molecule has 31 heavy (non-hydrogen) atoms. The number of H-pyrrole nitrogens is 1. The molecular formula is C20H22F3N5O3. The molecular weight excluding hydrogens is 415 g/mol. The summed E-state index contributed by atoms with van der Waals surface area (Å²) in [4.78, 5) is 33.5. The van der Waals surface area contributed by atoms with Gasteiger partial charge in [0.25, 0.3) is 5.91 Å². The highest BCUT2D eigenvalue weighted by atomic mass is 19.4. The zero-order valence-corrected chi connectivity index (χ0v) is 17.0. The maximum Gasteiger partial charge on any atom is 0.490 e. The van der Waals surface area contributed by atoms with Gasteiger partial charge in [-0.25, -0.2) is 9.78 Å². The van der Waals surface area contributed by atoms with Crippen LogP contribution in [0.5, 0.6) is 0 Å². The first-order valence-corrected chi connectivity index (χ1v) is 9.41. The molecule has 0 saturated carbocycles. The van der Waals surface area contributed by atoms with Crippen molar-refractivity contribution in [1.82, 2.24) is 24.3 Å². The van der Waals surface area contributed by atoms with Gasteiger partial charge in [-0.3, -0.25) is 4.79 Å². The standard InChI is InChI=1S/C18H21N5O.C2HF3O2/c1-21(2)10-15-11-22-7-8-23(12-17(22)20-15)18(24)14-3-4-16-13(9-14)5-6-19-16;3-2(4,5)1(6)7/h3-6,9,11,19H,7-8,10,12H2,1-2H3;(H,6,7). The molecule has 1 aliphatic rings. The number of aromatic amines is 1. The molecule has 0 saturated heterocycles. The van der Waals surface area contributed by atoms with Crippen LogP contribution in [0.3, 0.4) is 0 Å². The van der Waals surface area contributed by atoms with Gasteiger partial charge in [-0.05, 0) is 38.4 Å². The molecule has 0 fully saturated rings. The molecule has 0 aliphatic carbocycles. The van der Waals surface area contributed by atoms with Crippen molar-refractivity contribution in [3.63, 3.8) is 0 Å². The zero-order valence-electron chi connectivity index (χ0n) is 17.0. The van der Waals surface area contributed by atoms with Crippen LogP contribution in [0.4, 0.5) is 13.2 Å². The topological polar surface area (TPSA) is 94.5 Å². The Morgan fingerprint density at radius 1 is 1.23 bits per heavy atom. The van der Waals surface area contributed by atoms with Crippen LogP contribution in [0.25, 0.3) is 10.9 Å². The molecule has 0 bridgehead atoms. The lowest BCUT2D eigenvalue weighted by molar-refractivity contribution is -0.192. The third kappa shape index (κ3) is 5.43. The second-order valence-corrected chi connectivity index (χ2v) is 7.39. The molecule has 2 aromatic heterocycles. The van der Waals surface area contributed by atoms with Crippen molar-refractivity contribution >= 4 is 22.8 Å². The van der Waals surface area contributed by atoms with Crippen molar-refractivity contribution in [3.8, 4) is 0 Å². The van der Waals surface area contributed by atoms with Gasteiger partial charge in [-0.15, -0.1) is 0 Å². The summed E-state index contributed by atoms with van der Waals surface area (Å²) >= 11 is 0. The summed E-state index contributed by atoms with van der Waals surface area (Å²) in [5.41, 5.74) is 2.84. The van der Waals surface area contributed by atoms with Gasteiger partial charge in [0.05, 0.1) is 12.2 Å². The van der Waals surface area contributed by atoms with E-state index in [4.69, 9.17) is 9.90 Å². The number of alkyl halides is 3. The molecule has 8 nitrogen and oxygen atoms in total. The predicted octanol–water partition coefficient (Wildman–Crippen LogP) is 2.72. The number of carboxylic acid groups (broad SMARTS) is 1. The Kier molecular flexibility index (Phi) is 6.34. The van der Waals surface area contributed by atoms with Gasteiger partial charge in [-0.2, -0.15) is 13.2 Å². The fraction of sp³-hybridized carbons (Fsp3) is 0.350. The Balaban J connectivity index is 0.000000339. The van der Waals surface area contributed by atoms with Gasteiger partial charge in [0.2, 0.25) is 0 Å². The second kappa shape index (κ2) is 8.80. The summed E-state index contributed by atoms with van der Waals surface area (Å²) in [6.45, 7) is 2.90. The third-order valence-corrected chi connectivity index (χ3v) is 4.66. The number of imidazole rings is 1. The fourth-order valence-electron chi connectivity index (χ4n) is 3.25. The Hall–Kier alpha value is -3.34. The lowest BCUT2D eigenvalue weighted by Crippen LogP contribution is -2.38. The van der Waals surface area contributed by atoms with Gasteiger partial charge < -0.3 is 24.5 Å². The maximum absolute atomic E-state index is 12.8. The lowest BCUT2D eigenvalue weighted by Gasteiger charge is -2.27. The van der Waals surface area contributed by atoms with E-state index in [1.165, 1.54) is 0 Å². The van der Waals surface area contributed by atoms with Crippen LogP contribution in [0.2, 0.25) is 0 Å². The molecule has 0 unspecified atom stereocenters. The number of carbonyl (C=O) groups is 2. The van der Waals surface area contributed by atoms with E-state index in [1.807, 2.05) is 49.5 Å². The zero-order chi connectivity index (χ0) is 22.8. The number of benzene rings is 1. The van der Waals surface area contributed by atoms with Crippen molar-refractivity contribution in [2.24, 2.45) is 0 Å². The minimum Gasteiger partial charge on any atom is -0.475 e. The molecule has 3 heterocycles. The van der Waals surface area contributed by atoms with Crippen LogP contribution in [0, 0.1) is 0 Å². The number of nitrogens with one attached hydrogen (secondary N) is 1. The molecule has 1 aliphatic heterocycles. The summed E-state index contributed by atoms with van der Waals surface area (Å²) < 4.78 is 33.9. The minimum atomic E-state index is -5.08. The minimum absolute atomic E-state index is 0.0708. The molecule has 2 N–H and O–H groups in total. The van der Waals surface area contributed by atoms with Crippen LogP contribution in [-0.4, -0.2) is 68.1 Å². The number of amides is 1. The summed E-state index contributed by atoms with van der Waals surface area (Å²) in [7, 11) is 4.07. The molecule has 0 radical (unpaired) electrons. The summed E-state index contributed by atoms with van der Waals surface area (Å²) in [5, 5.41) is 8.19. The van der Waals surface area contributed by atoms with Crippen LogP contribution < -0.4 is 0 Å². The van der Waals surface area contributed by atoms with Gasteiger partial charge in [0, 0.05) is 48.5 Å². The molecule has 3 aromatic rings. The highest BCUT2D eigenvalue weighted by molar-refractivity contribution is 5.98. The van der Waals surface area contributed by atoms with Gasteiger partial charge >= 0.3 is 12.1 Å². The molecule has 0 atom stereocenters. The van der Waals surface area contributed by atoms with E-state index in [0.717, 1.165) is 47.6 Å². The number of hydrogen-bond donors (Lipinski definition) is 2. The number of carboxylic acids is 1. The molecule has 1 amide bonds. The molecule has 11 heteroatoms. The van der Waals surface area contributed by atoms with Crippen molar-refractivity contribution < 1.29 is 27.9 Å². The van der Waals surface area contributed by atoms with E-state index in [-0.39, 0.29) is 5.91 Å². The number of halogens is 3. The first kappa shape index (κ1) is 22.3. The van der Waals surface area contributed by atoms with E-state index in [9.17, 15) is 18.0 Å². The van der Waals surface area contributed by atoms with E-state index in [0.29, 0.717) is 6.54 Å².